The van der Waals surface area contributed by atoms with Gasteiger partial charge in [-0.15, -0.1) is 0 Å². The second-order valence-electron chi connectivity index (χ2n) is 4.79. The highest BCUT2D eigenvalue weighted by Gasteiger charge is 2.22. The van der Waals surface area contributed by atoms with Crippen LogP contribution < -0.4 is 5.32 Å². The molecule has 0 heterocycles. The molecule has 1 amide bonds. The van der Waals surface area contributed by atoms with Crippen LogP contribution in [0.3, 0.4) is 0 Å². The highest BCUT2D eigenvalue weighted by molar-refractivity contribution is 5.76. The molecule has 1 fully saturated rings. The fraction of sp³-hybridized carbons (Fsp3) is 0.917. The van der Waals surface area contributed by atoms with Crippen LogP contribution in [-0.4, -0.2) is 23.2 Å². The maximum absolute atomic E-state index is 11.5. The molecule has 0 aliphatic heterocycles. The lowest BCUT2D eigenvalue weighted by molar-refractivity contribution is -0.122. The summed E-state index contributed by atoms with van der Waals surface area (Å²) < 4.78 is 0. The molecule has 1 aliphatic carbocycles. The Hall–Kier alpha value is -0.570. The fourth-order valence-electron chi connectivity index (χ4n) is 2.24. The first kappa shape index (κ1) is 12.5. The Kier molecular flexibility index (Phi) is 5.09. The van der Waals surface area contributed by atoms with E-state index >= 15 is 0 Å². The van der Waals surface area contributed by atoms with E-state index in [2.05, 4.69) is 12.2 Å². The van der Waals surface area contributed by atoms with E-state index in [0.717, 1.165) is 0 Å². The highest BCUT2D eigenvalue weighted by Crippen LogP contribution is 2.27. The molecule has 2 atom stereocenters. The lowest BCUT2D eigenvalue weighted by Crippen LogP contribution is -2.37. The monoisotopic (exact) mass is 213 g/mol. The number of hydrogen-bond donors (Lipinski definition) is 2. The minimum Gasteiger partial charge on any atom is -0.393 e. The third-order valence-electron chi connectivity index (χ3n) is 3.28. The van der Waals surface area contributed by atoms with Crippen molar-refractivity contribution in [3.8, 4) is 0 Å². The maximum Gasteiger partial charge on any atom is 0.220 e. The van der Waals surface area contributed by atoms with Crippen LogP contribution in [0.15, 0.2) is 0 Å². The van der Waals surface area contributed by atoms with Crippen molar-refractivity contribution in [1.82, 2.24) is 5.32 Å². The van der Waals surface area contributed by atoms with Crippen LogP contribution in [0.25, 0.3) is 0 Å². The van der Waals surface area contributed by atoms with E-state index in [1.165, 1.54) is 25.7 Å². The third-order valence-corrected chi connectivity index (χ3v) is 3.28. The molecule has 0 aromatic rings. The quantitative estimate of drug-likeness (QED) is 0.732. The first-order chi connectivity index (χ1) is 7.09. The summed E-state index contributed by atoms with van der Waals surface area (Å²) in [6.07, 6.45) is 5.72. The molecule has 0 aromatic carbocycles. The molecular weight excluding hydrogens is 190 g/mol. The number of aliphatic hydroxyl groups excluding tert-OH is 1. The van der Waals surface area contributed by atoms with E-state index in [1.54, 1.807) is 6.92 Å². The average Bonchev–Trinajstić information content (AvgIpc) is 2.67. The standard InChI is InChI=1S/C12H23NO2/c1-9(14)7-8-12(15)13-10(2)11-5-3-4-6-11/h9-11,14H,3-8H2,1-2H3,(H,13,15). The van der Waals surface area contributed by atoms with Crippen molar-refractivity contribution < 1.29 is 9.90 Å². The molecule has 15 heavy (non-hydrogen) atoms. The molecule has 3 nitrogen and oxygen atoms in total. The lowest BCUT2D eigenvalue weighted by Gasteiger charge is -2.20. The number of hydrogen-bond acceptors (Lipinski definition) is 2. The molecule has 0 aromatic heterocycles. The number of nitrogens with one attached hydrogen (secondary N) is 1. The molecule has 2 N–H and O–H groups in total. The van der Waals surface area contributed by atoms with Gasteiger partial charge in [0.2, 0.25) is 5.91 Å². The van der Waals surface area contributed by atoms with Crippen molar-refractivity contribution in [2.75, 3.05) is 0 Å². The van der Waals surface area contributed by atoms with E-state index in [0.29, 0.717) is 24.8 Å². The van der Waals surface area contributed by atoms with Gasteiger partial charge in [-0.05, 0) is 39.0 Å². The van der Waals surface area contributed by atoms with Gasteiger partial charge in [0, 0.05) is 12.5 Å². The molecule has 0 radical (unpaired) electrons. The van der Waals surface area contributed by atoms with Crippen molar-refractivity contribution in [2.24, 2.45) is 5.92 Å². The smallest absolute Gasteiger partial charge is 0.220 e. The Morgan fingerprint density at radius 1 is 1.40 bits per heavy atom. The first-order valence-electron chi connectivity index (χ1n) is 6.07. The van der Waals surface area contributed by atoms with Crippen LogP contribution in [0.4, 0.5) is 0 Å². The Labute approximate surface area is 92.3 Å². The van der Waals surface area contributed by atoms with Crippen molar-refractivity contribution in [3.63, 3.8) is 0 Å². The van der Waals surface area contributed by atoms with Crippen molar-refractivity contribution in [3.05, 3.63) is 0 Å². The summed E-state index contributed by atoms with van der Waals surface area (Å²) >= 11 is 0. The average molecular weight is 213 g/mol. The number of rotatable bonds is 5. The van der Waals surface area contributed by atoms with Gasteiger partial charge in [0.15, 0.2) is 0 Å². The van der Waals surface area contributed by atoms with E-state index in [4.69, 9.17) is 5.11 Å². The number of amides is 1. The molecule has 1 rings (SSSR count). The molecule has 3 heteroatoms. The summed E-state index contributed by atoms with van der Waals surface area (Å²) in [7, 11) is 0. The summed E-state index contributed by atoms with van der Waals surface area (Å²) in [5.41, 5.74) is 0. The van der Waals surface area contributed by atoms with Gasteiger partial charge < -0.3 is 10.4 Å². The summed E-state index contributed by atoms with van der Waals surface area (Å²) in [4.78, 5) is 11.5. The van der Waals surface area contributed by atoms with Gasteiger partial charge in [-0.25, -0.2) is 0 Å². The van der Waals surface area contributed by atoms with Crippen molar-refractivity contribution >= 4 is 5.91 Å². The molecule has 0 bridgehead atoms. The van der Waals surface area contributed by atoms with E-state index in [1.807, 2.05) is 0 Å². The molecular formula is C12H23NO2. The van der Waals surface area contributed by atoms with Crippen LogP contribution in [0.2, 0.25) is 0 Å². The summed E-state index contributed by atoms with van der Waals surface area (Å²) in [5, 5.41) is 12.1. The predicted molar refractivity (Wildman–Crippen MR) is 60.5 cm³/mol. The highest BCUT2D eigenvalue weighted by atomic mass is 16.3. The van der Waals surface area contributed by atoms with Gasteiger partial charge in [-0.2, -0.15) is 0 Å². The second kappa shape index (κ2) is 6.11. The number of aliphatic hydroxyl groups is 1. The SMILES string of the molecule is CC(O)CCC(=O)NC(C)C1CCCC1. The minimum absolute atomic E-state index is 0.0790. The fourth-order valence-corrected chi connectivity index (χ4v) is 2.24. The van der Waals surface area contributed by atoms with Crippen LogP contribution in [0, 0.1) is 5.92 Å². The molecule has 88 valence electrons. The summed E-state index contributed by atoms with van der Waals surface area (Å²) in [6, 6.07) is 0.300. The molecule has 1 saturated carbocycles. The third kappa shape index (κ3) is 4.65. The Morgan fingerprint density at radius 3 is 2.53 bits per heavy atom. The lowest BCUT2D eigenvalue weighted by atomic mass is 9.99. The minimum atomic E-state index is -0.377. The van der Waals surface area contributed by atoms with Gasteiger partial charge in [-0.1, -0.05) is 12.8 Å². The zero-order chi connectivity index (χ0) is 11.3. The summed E-state index contributed by atoms with van der Waals surface area (Å²) in [6.45, 7) is 3.81. The number of carbonyl (C=O) groups is 1. The van der Waals surface area contributed by atoms with Crippen LogP contribution in [-0.2, 0) is 4.79 Å². The Balaban J connectivity index is 2.18. The molecule has 0 saturated heterocycles. The van der Waals surface area contributed by atoms with Gasteiger partial charge in [0.25, 0.3) is 0 Å². The first-order valence-corrected chi connectivity index (χ1v) is 6.07. The van der Waals surface area contributed by atoms with Crippen molar-refractivity contribution in [2.45, 2.75) is 64.5 Å². The zero-order valence-corrected chi connectivity index (χ0v) is 9.83. The maximum atomic E-state index is 11.5. The normalized spacial score (nSPS) is 21.3. The Bertz CT molecular complexity index is 198. The zero-order valence-electron chi connectivity index (χ0n) is 9.83. The van der Waals surface area contributed by atoms with E-state index in [9.17, 15) is 4.79 Å². The van der Waals surface area contributed by atoms with Gasteiger partial charge in [-0.3, -0.25) is 4.79 Å². The topological polar surface area (TPSA) is 49.3 Å². The number of carbonyl (C=O) groups excluding carboxylic acids is 1. The molecule has 0 spiro atoms. The van der Waals surface area contributed by atoms with Crippen LogP contribution >= 0.6 is 0 Å². The molecule has 1 aliphatic rings. The van der Waals surface area contributed by atoms with E-state index < -0.39 is 0 Å². The predicted octanol–water partition coefficient (Wildman–Crippen LogP) is 1.84. The molecule has 2 unspecified atom stereocenters. The second-order valence-corrected chi connectivity index (χ2v) is 4.79. The van der Waals surface area contributed by atoms with Gasteiger partial charge in [0.05, 0.1) is 6.10 Å². The van der Waals surface area contributed by atoms with Crippen LogP contribution in [0.1, 0.15) is 52.4 Å². The van der Waals surface area contributed by atoms with Gasteiger partial charge >= 0.3 is 0 Å². The van der Waals surface area contributed by atoms with Crippen molar-refractivity contribution in [1.29, 1.82) is 0 Å². The van der Waals surface area contributed by atoms with Gasteiger partial charge in [0.1, 0.15) is 0 Å². The summed E-state index contributed by atoms with van der Waals surface area (Å²) in [5.74, 6) is 0.746. The Morgan fingerprint density at radius 2 is 2.00 bits per heavy atom. The van der Waals surface area contributed by atoms with Crippen LogP contribution in [0.5, 0.6) is 0 Å². The van der Waals surface area contributed by atoms with E-state index in [-0.39, 0.29) is 12.0 Å². The largest absolute Gasteiger partial charge is 0.393 e.